The Balaban J connectivity index is 0.000000770. The molecule has 1 aliphatic carbocycles. The first-order valence-electron chi connectivity index (χ1n) is 7.15. The van der Waals surface area contributed by atoms with Crippen molar-refractivity contribution in [3.63, 3.8) is 0 Å². The highest BCUT2D eigenvalue weighted by Gasteiger charge is 2.15. The molecule has 0 aromatic carbocycles. The summed E-state index contributed by atoms with van der Waals surface area (Å²) < 4.78 is 0. The van der Waals surface area contributed by atoms with Crippen molar-refractivity contribution in [3.05, 3.63) is 36.0 Å². The van der Waals surface area contributed by atoms with Gasteiger partial charge in [-0.05, 0) is 38.2 Å². The molecule has 0 heterocycles. The van der Waals surface area contributed by atoms with Gasteiger partial charge in [0.1, 0.15) is 0 Å². The Morgan fingerprint density at radius 3 is 2.06 bits per heavy atom. The molecule has 0 heteroatoms. The molecule has 0 aromatic heterocycles. The van der Waals surface area contributed by atoms with Gasteiger partial charge in [-0.25, -0.2) is 0 Å². The van der Waals surface area contributed by atoms with Crippen LogP contribution in [0.2, 0.25) is 0 Å². The van der Waals surface area contributed by atoms with Crippen molar-refractivity contribution >= 4 is 0 Å². The predicted molar refractivity (Wildman–Crippen MR) is 80.3 cm³/mol. The van der Waals surface area contributed by atoms with E-state index < -0.39 is 0 Å². The molecule has 1 saturated carbocycles. The zero-order valence-electron chi connectivity index (χ0n) is 12.3. The highest BCUT2D eigenvalue weighted by atomic mass is 14.2. The summed E-state index contributed by atoms with van der Waals surface area (Å²) in [7, 11) is 0. The predicted octanol–water partition coefficient (Wildman–Crippen LogP) is 6.06. The number of hydrogen-bond donors (Lipinski definition) is 0. The van der Waals surface area contributed by atoms with E-state index in [1.807, 2.05) is 6.92 Å². The first-order chi connectivity index (χ1) is 8.15. The van der Waals surface area contributed by atoms with Crippen LogP contribution in [0.3, 0.4) is 0 Å². The van der Waals surface area contributed by atoms with E-state index in [4.69, 9.17) is 0 Å². The maximum atomic E-state index is 3.89. The minimum atomic E-state index is 0.810. The van der Waals surface area contributed by atoms with Crippen molar-refractivity contribution in [2.75, 3.05) is 0 Å². The Bertz CT molecular complexity index is 249. The molecule has 0 spiro atoms. The summed E-state index contributed by atoms with van der Waals surface area (Å²) in [4.78, 5) is 0. The van der Waals surface area contributed by atoms with Crippen LogP contribution in [0, 0.1) is 5.92 Å². The van der Waals surface area contributed by atoms with Crippen LogP contribution in [0.5, 0.6) is 0 Å². The lowest BCUT2D eigenvalue weighted by atomic mass is 9.83. The second kappa shape index (κ2) is 10.4. The largest absolute Gasteiger partial charge is 0.0961 e. The molecule has 1 fully saturated rings. The quantitative estimate of drug-likeness (QED) is 0.520. The fourth-order valence-corrected chi connectivity index (χ4v) is 2.14. The van der Waals surface area contributed by atoms with Crippen molar-refractivity contribution in [2.45, 2.75) is 66.2 Å². The van der Waals surface area contributed by atoms with Gasteiger partial charge in [0, 0.05) is 0 Å². The van der Waals surface area contributed by atoms with Crippen LogP contribution < -0.4 is 0 Å². The molecule has 0 radical (unpaired) electrons. The third-order valence-corrected chi connectivity index (χ3v) is 2.97. The third-order valence-electron chi connectivity index (χ3n) is 2.97. The summed E-state index contributed by atoms with van der Waals surface area (Å²) in [6.07, 6.45) is 14.9. The van der Waals surface area contributed by atoms with E-state index in [2.05, 4.69) is 45.6 Å². The summed E-state index contributed by atoms with van der Waals surface area (Å²) >= 11 is 0. The summed E-state index contributed by atoms with van der Waals surface area (Å²) in [5.74, 6) is 0.810. The number of rotatable bonds is 3. The average Bonchev–Trinajstić information content (AvgIpc) is 2.32. The molecule has 0 aliphatic heterocycles. The van der Waals surface area contributed by atoms with E-state index in [1.165, 1.54) is 44.1 Å². The Morgan fingerprint density at radius 2 is 1.65 bits per heavy atom. The summed E-state index contributed by atoms with van der Waals surface area (Å²) in [6.45, 7) is 12.3. The average molecular weight is 234 g/mol. The van der Waals surface area contributed by atoms with Gasteiger partial charge in [0.15, 0.2) is 0 Å². The molecule has 98 valence electrons. The molecular formula is C17H30. The van der Waals surface area contributed by atoms with Gasteiger partial charge in [-0.1, -0.05) is 69.9 Å². The van der Waals surface area contributed by atoms with Crippen molar-refractivity contribution in [1.82, 2.24) is 0 Å². The maximum absolute atomic E-state index is 3.89. The molecule has 0 N–H and O–H groups in total. The molecule has 0 bridgehead atoms. The van der Waals surface area contributed by atoms with E-state index in [9.17, 15) is 0 Å². The van der Waals surface area contributed by atoms with Gasteiger partial charge >= 0.3 is 0 Å². The molecule has 0 amide bonds. The molecule has 0 saturated heterocycles. The first-order valence-corrected chi connectivity index (χ1v) is 7.15. The highest BCUT2D eigenvalue weighted by molar-refractivity contribution is 5.27. The Morgan fingerprint density at radius 1 is 1.12 bits per heavy atom. The molecule has 1 aliphatic rings. The molecule has 0 atom stereocenters. The van der Waals surface area contributed by atoms with Crippen LogP contribution in [0.1, 0.15) is 66.2 Å². The lowest BCUT2D eigenvalue weighted by molar-refractivity contribution is 0.408. The Hall–Kier alpha value is -0.780. The van der Waals surface area contributed by atoms with Crippen LogP contribution in [0.25, 0.3) is 0 Å². The Labute approximate surface area is 109 Å². The van der Waals surface area contributed by atoms with Gasteiger partial charge in [0.2, 0.25) is 0 Å². The van der Waals surface area contributed by atoms with Crippen LogP contribution in [0.15, 0.2) is 36.0 Å². The molecule has 1 rings (SSSR count). The monoisotopic (exact) mass is 234 g/mol. The van der Waals surface area contributed by atoms with E-state index in [0.717, 1.165) is 11.5 Å². The fraction of sp³-hybridized carbons (Fsp3) is 0.647. The minimum Gasteiger partial charge on any atom is -0.0961 e. The molecular weight excluding hydrogens is 204 g/mol. The molecule has 0 nitrogen and oxygen atoms in total. The molecule has 0 unspecified atom stereocenters. The van der Waals surface area contributed by atoms with Gasteiger partial charge in [0.25, 0.3) is 0 Å². The van der Waals surface area contributed by atoms with Crippen molar-refractivity contribution in [2.24, 2.45) is 5.92 Å². The summed E-state index contributed by atoms with van der Waals surface area (Å²) in [6, 6.07) is 0. The van der Waals surface area contributed by atoms with Gasteiger partial charge in [0.05, 0.1) is 0 Å². The lowest BCUT2D eigenvalue weighted by Gasteiger charge is -2.22. The standard InChI is InChI=1S/C14H22.C3H8/c1-4-13(11-10-12(2)3)14-8-6-5-7-9-14;1-3-2/h4,10-11,14H,2,5-9H2,1,3H3;3H2,1-2H3/b11-10-,13-4+;. The third kappa shape index (κ3) is 8.01. The Kier molecular flexibility index (Phi) is 9.90. The topological polar surface area (TPSA) is 0 Å². The van der Waals surface area contributed by atoms with Crippen LogP contribution in [-0.2, 0) is 0 Å². The lowest BCUT2D eigenvalue weighted by Crippen LogP contribution is -2.07. The second-order valence-corrected chi connectivity index (χ2v) is 5.01. The second-order valence-electron chi connectivity index (χ2n) is 5.01. The van der Waals surface area contributed by atoms with Crippen molar-refractivity contribution in [1.29, 1.82) is 0 Å². The van der Waals surface area contributed by atoms with Crippen LogP contribution in [0.4, 0.5) is 0 Å². The van der Waals surface area contributed by atoms with Gasteiger partial charge in [-0.2, -0.15) is 0 Å². The number of allylic oxidation sites excluding steroid dienone is 5. The fourth-order valence-electron chi connectivity index (χ4n) is 2.14. The zero-order valence-corrected chi connectivity index (χ0v) is 12.3. The van der Waals surface area contributed by atoms with Crippen LogP contribution >= 0.6 is 0 Å². The zero-order chi connectivity index (χ0) is 13.1. The normalized spacial score (nSPS) is 17.8. The van der Waals surface area contributed by atoms with Gasteiger partial charge < -0.3 is 0 Å². The molecule has 17 heavy (non-hydrogen) atoms. The minimum absolute atomic E-state index is 0.810. The van der Waals surface area contributed by atoms with E-state index in [-0.39, 0.29) is 0 Å². The van der Waals surface area contributed by atoms with E-state index >= 15 is 0 Å². The van der Waals surface area contributed by atoms with Crippen LogP contribution in [-0.4, -0.2) is 0 Å². The smallest absolute Gasteiger partial charge is 0.0165 e. The summed E-state index contributed by atoms with van der Waals surface area (Å²) in [5.41, 5.74) is 2.65. The van der Waals surface area contributed by atoms with Gasteiger partial charge in [-0.15, -0.1) is 0 Å². The highest BCUT2D eigenvalue weighted by Crippen LogP contribution is 2.30. The van der Waals surface area contributed by atoms with Crippen molar-refractivity contribution in [3.8, 4) is 0 Å². The van der Waals surface area contributed by atoms with E-state index in [0.29, 0.717) is 0 Å². The van der Waals surface area contributed by atoms with Gasteiger partial charge in [-0.3, -0.25) is 0 Å². The summed E-state index contributed by atoms with van der Waals surface area (Å²) in [5, 5.41) is 0. The first kappa shape index (κ1) is 16.2. The maximum Gasteiger partial charge on any atom is -0.0165 e. The number of hydrogen-bond acceptors (Lipinski definition) is 0. The van der Waals surface area contributed by atoms with Crippen molar-refractivity contribution < 1.29 is 0 Å². The SMILES string of the molecule is C=C(C)/C=C\C(=C/C)C1CCCCC1.CCC. The van der Waals surface area contributed by atoms with E-state index in [1.54, 1.807) is 0 Å². The molecule has 0 aromatic rings.